The number of benzene rings is 2. The van der Waals surface area contributed by atoms with E-state index in [1.165, 1.54) is 6.08 Å². The number of hydrogen-bond acceptors (Lipinski definition) is 5. The van der Waals surface area contributed by atoms with Gasteiger partial charge in [-0.3, -0.25) is 19.9 Å². The second-order valence-electron chi connectivity index (χ2n) is 5.75. The SMILES string of the molecule is O=c1[nH]c(/C=C\c2ccc(OCc3ccc(Cl)cc3)cc2)c([N+](=O)[O-])c(=O)[nH]1. The quantitative estimate of drug-likeness (QED) is 0.486. The lowest BCUT2D eigenvalue weighted by molar-refractivity contribution is -0.386. The Balaban J connectivity index is 1.72. The molecule has 9 heteroatoms. The van der Waals surface area contributed by atoms with Gasteiger partial charge in [0.1, 0.15) is 18.1 Å². The molecule has 0 saturated heterocycles. The van der Waals surface area contributed by atoms with Gasteiger partial charge in [-0.15, -0.1) is 0 Å². The van der Waals surface area contributed by atoms with Crippen LogP contribution >= 0.6 is 11.6 Å². The molecule has 2 aromatic carbocycles. The van der Waals surface area contributed by atoms with E-state index in [0.717, 1.165) is 5.56 Å². The summed E-state index contributed by atoms with van der Waals surface area (Å²) in [7, 11) is 0. The van der Waals surface area contributed by atoms with Gasteiger partial charge >= 0.3 is 16.9 Å². The Bertz CT molecular complexity index is 1130. The summed E-state index contributed by atoms with van der Waals surface area (Å²) in [5.41, 5.74) is -1.10. The molecular formula is C19H14ClN3O5. The van der Waals surface area contributed by atoms with E-state index in [-0.39, 0.29) is 5.69 Å². The number of aromatic nitrogens is 2. The predicted molar refractivity (Wildman–Crippen MR) is 105 cm³/mol. The largest absolute Gasteiger partial charge is 0.489 e. The third-order valence-corrected chi connectivity index (χ3v) is 4.02. The van der Waals surface area contributed by atoms with E-state index in [9.17, 15) is 19.7 Å². The fourth-order valence-electron chi connectivity index (χ4n) is 2.40. The van der Waals surface area contributed by atoms with Gasteiger partial charge in [0.25, 0.3) is 0 Å². The lowest BCUT2D eigenvalue weighted by Gasteiger charge is -2.06. The van der Waals surface area contributed by atoms with Gasteiger partial charge in [-0.1, -0.05) is 41.9 Å². The molecule has 1 aromatic heterocycles. The van der Waals surface area contributed by atoms with Crippen molar-refractivity contribution in [2.45, 2.75) is 6.61 Å². The Labute approximate surface area is 163 Å². The van der Waals surface area contributed by atoms with Crippen molar-refractivity contribution in [3.05, 3.63) is 101 Å². The van der Waals surface area contributed by atoms with Gasteiger partial charge in [0.05, 0.1) is 4.92 Å². The Morgan fingerprint density at radius 3 is 2.32 bits per heavy atom. The van der Waals surface area contributed by atoms with Crippen molar-refractivity contribution < 1.29 is 9.66 Å². The van der Waals surface area contributed by atoms with E-state index in [2.05, 4.69) is 4.98 Å². The molecule has 1 heterocycles. The van der Waals surface area contributed by atoms with Crippen LogP contribution in [0.4, 0.5) is 5.69 Å². The van der Waals surface area contributed by atoms with E-state index in [1.54, 1.807) is 42.5 Å². The topological polar surface area (TPSA) is 118 Å². The summed E-state index contributed by atoms with van der Waals surface area (Å²) in [5, 5.41) is 11.7. The van der Waals surface area contributed by atoms with Crippen LogP contribution in [0, 0.1) is 10.1 Å². The summed E-state index contributed by atoms with van der Waals surface area (Å²) in [4.78, 5) is 37.2. The number of rotatable bonds is 6. The van der Waals surface area contributed by atoms with Gasteiger partial charge in [0.15, 0.2) is 0 Å². The zero-order chi connectivity index (χ0) is 20.1. The Morgan fingerprint density at radius 2 is 1.68 bits per heavy atom. The molecule has 0 spiro atoms. The highest BCUT2D eigenvalue weighted by Gasteiger charge is 2.18. The third-order valence-electron chi connectivity index (χ3n) is 3.77. The Kier molecular flexibility index (Phi) is 5.71. The van der Waals surface area contributed by atoms with Gasteiger partial charge in [-0.05, 0) is 41.5 Å². The molecule has 0 unspecified atom stereocenters. The maximum absolute atomic E-state index is 11.6. The number of ether oxygens (including phenoxy) is 1. The smallest absolute Gasteiger partial charge is 0.357 e. The molecule has 0 aliphatic carbocycles. The van der Waals surface area contributed by atoms with Crippen molar-refractivity contribution in [2.75, 3.05) is 0 Å². The second-order valence-corrected chi connectivity index (χ2v) is 6.18. The monoisotopic (exact) mass is 399 g/mol. The van der Waals surface area contributed by atoms with Gasteiger partial charge < -0.3 is 9.72 Å². The van der Waals surface area contributed by atoms with Crippen molar-refractivity contribution in [1.82, 2.24) is 9.97 Å². The molecular weight excluding hydrogens is 386 g/mol. The summed E-state index contributed by atoms with van der Waals surface area (Å²) >= 11 is 5.84. The van der Waals surface area contributed by atoms with E-state index in [1.807, 2.05) is 17.1 Å². The van der Waals surface area contributed by atoms with Crippen LogP contribution in [0.25, 0.3) is 12.2 Å². The van der Waals surface area contributed by atoms with Crippen molar-refractivity contribution in [3.8, 4) is 5.75 Å². The summed E-state index contributed by atoms with van der Waals surface area (Å²) in [5.74, 6) is 0.641. The molecule has 0 radical (unpaired) electrons. The van der Waals surface area contributed by atoms with Gasteiger partial charge in [0.2, 0.25) is 0 Å². The highest BCUT2D eigenvalue weighted by Crippen LogP contribution is 2.18. The van der Waals surface area contributed by atoms with E-state index < -0.39 is 21.9 Å². The maximum Gasteiger partial charge on any atom is 0.357 e. The average molecular weight is 400 g/mol. The molecule has 0 atom stereocenters. The van der Waals surface area contributed by atoms with E-state index in [0.29, 0.717) is 22.9 Å². The first-order valence-electron chi connectivity index (χ1n) is 8.09. The van der Waals surface area contributed by atoms with Crippen LogP contribution in [0.15, 0.2) is 58.1 Å². The summed E-state index contributed by atoms with van der Waals surface area (Å²) in [6, 6.07) is 14.3. The lowest BCUT2D eigenvalue weighted by Crippen LogP contribution is -2.25. The molecule has 0 fully saturated rings. The number of halogens is 1. The van der Waals surface area contributed by atoms with Gasteiger partial charge in [-0.25, -0.2) is 4.79 Å². The molecule has 0 bridgehead atoms. The number of H-pyrrole nitrogens is 2. The molecule has 0 saturated carbocycles. The summed E-state index contributed by atoms with van der Waals surface area (Å²) < 4.78 is 5.68. The van der Waals surface area contributed by atoms with Gasteiger partial charge in [0, 0.05) is 5.02 Å². The molecule has 0 aliphatic heterocycles. The van der Waals surface area contributed by atoms with Crippen LogP contribution < -0.4 is 16.0 Å². The molecule has 0 aliphatic rings. The minimum Gasteiger partial charge on any atom is -0.489 e. The maximum atomic E-state index is 11.6. The highest BCUT2D eigenvalue weighted by atomic mass is 35.5. The molecule has 2 N–H and O–H groups in total. The first-order valence-corrected chi connectivity index (χ1v) is 8.46. The van der Waals surface area contributed by atoms with Crippen LogP contribution in [0.2, 0.25) is 5.02 Å². The summed E-state index contributed by atoms with van der Waals surface area (Å²) in [6.07, 6.45) is 2.85. The number of nitro groups is 1. The normalized spacial score (nSPS) is 10.9. The van der Waals surface area contributed by atoms with E-state index in [4.69, 9.17) is 16.3 Å². The molecule has 142 valence electrons. The zero-order valence-corrected chi connectivity index (χ0v) is 15.1. The third kappa shape index (κ3) is 4.74. The molecule has 8 nitrogen and oxygen atoms in total. The fourth-order valence-corrected chi connectivity index (χ4v) is 2.53. The average Bonchev–Trinajstić information content (AvgIpc) is 2.66. The number of aromatic amines is 2. The van der Waals surface area contributed by atoms with Crippen molar-refractivity contribution >= 4 is 29.4 Å². The van der Waals surface area contributed by atoms with Crippen LogP contribution in [-0.4, -0.2) is 14.9 Å². The number of nitrogens with one attached hydrogen (secondary N) is 2. The summed E-state index contributed by atoms with van der Waals surface area (Å²) in [6.45, 7) is 0.382. The van der Waals surface area contributed by atoms with Gasteiger partial charge in [-0.2, -0.15) is 0 Å². The van der Waals surface area contributed by atoms with Crippen LogP contribution in [0.1, 0.15) is 16.8 Å². The lowest BCUT2D eigenvalue weighted by atomic mass is 10.2. The number of hydrogen-bond donors (Lipinski definition) is 2. The molecule has 0 amide bonds. The van der Waals surface area contributed by atoms with Crippen LogP contribution in [-0.2, 0) is 6.61 Å². The van der Waals surface area contributed by atoms with Crippen molar-refractivity contribution in [1.29, 1.82) is 0 Å². The number of nitrogens with zero attached hydrogens (tertiary/aromatic N) is 1. The molecule has 3 rings (SSSR count). The molecule has 28 heavy (non-hydrogen) atoms. The minimum absolute atomic E-state index is 0.179. The first-order chi connectivity index (χ1) is 13.4. The Hall–Kier alpha value is -3.65. The van der Waals surface area contributed by atoms with E-state index >= 15 is 0 Å². The first kappa shape index (κ1) is 19.1. The second kappa shape index (κ2) is 8.36. The predicted octanol–water partition coefficient (Wildman–Crippen LogP) is 3.37. The van der Waals surface area contributed by atoms with Crippen LogP contribution in [0.3, 0.4) is 0 Å². The van der Waals surface area contributed by atoms with Crippen molar-refractivity contribution in [2.24, 2.45) is 0 Å². The Morgan fingerprint density at radius 1 is 1.00 bits per heavy atom. The highest BCUT2D eigenvalue weighted by molar-refractivity contribution is 6.30. The molecule has 3 aromatic rings. The minimum atomic E-state index is -1.06. The van der Waals surface area contributed by atoms with Crippen LogP contribution in [0.5, 0.6) is 5.75 Å². The fraction of sp³-hybridized carbons (Fsp3) is 0.0526. The standard InChI is InChI=1S/C19H14ClN3O5/c20-14-6-1-13(2-7-14)11-28-15-8-3-12(4-9-15)5-10-16-17(23(26)27)18(24)22-19(25)21-16/h1-10H,11H2,(H2,21,22,24,25)/b10-5-. The zero-order valence-electron chi connectivity index (χ0n) is 14.3. The van der Waals surface area contributed by atoms with Crippen molar-refractivity contribution in [3.63, 3.8) is 0 Å².